The summed E-state index contributed by atoms with van der Waals surface area (Å²) < 4.78 is 68.2. The maximum absolute atomic E-state index is 13.0. The summed E-state index contributed by atoms with van der Waals surface area (Å²) >= 11 is 0. The zero-order chi connectivity index (χ0) is 65.2. The van der Waals surface area contributed by atoms with E-state index in [2.05, 4.69) is 48.5 Å². The number of aliphatic hydroxyl groups is 1. The molecule has 0 spiro atoms. The zero-order valence-corrected chi connectivity index (χ0v) is 59.0. The Balaban J connectivity index is 5.25. The number of phosphoric ester groups is 2. The minimum absolute atomic E-state index is 0.103. The van der Waals surface area contributed by atoms with Crippen molar-refractivity contribution >= 4 is 39.5 Å². The molecule has 0 aromatic carbocycles. The number of hydrogen-bond acceptors (Lipinski definition) is 15. The molecule has 3 N–H and O–H groups in total. The Morgan fingerprint density at radius 3 is 0.864 bits per heavy atom. The predicted octanol–water partition coefficient (Wildman–Crippen LogP) is 19.5. The van der Waals surface area contributed by atoms with Gasteiger partial charge in [-0.05, 0) is 43.4 Å². The number of carbonyl (C=O) groups is 4. The lowest BCUT2D eigenvalue weighted by atomic mass is 10.00. The Hall–Kier alpha value is -1.94. The summed E-state index contributed by atoms with van der Waals surface area (Å²) in [7, 11) is -9.90. The molecular formula is C69H134O17P2. The third-order valence-corrected chi connectivity index (χ3v) is 18.1. The molecule has 19 heteroatoms. The maximum atomic E-state index is 13.0. The average molecular weight is 1300 g/mol. The van der Waals surface area contributed by atoms with E-state index in [1.807, 2.05) is 0 Å². The fourth-order valence-electron chi connectivity index (χ4n) is 10.3. The van der Waals surface area contributed by atoms with Gasteiger partial charge in [0.2, 0.25) is 0 Å². The second kappa shape index (κ2) is 60.0. The van der Waals surface area contributed by atoms with Crippen LogP contribution in [0.4, 0.5) is 0 Å². The van der Waals surface area contributed by atoms with Crippen LogP contribution in [0.15, 0.2) is 0 Å². The van der Waals surface area contributed by atoms with Crippen LogP contribution in [0.2, 0.25) is 0 Å². The molecule has 522 valence electrons. The molecule has 0 saturated heterocycles. The SMILES string of the molecule is CCCCCCCCCCCCC(=O)OC[C@H](COP(=O)(O)OC[C@H](O)COP(=O)(O)OC[C@@H](COC(=O)CCCCCCCCCCCCCC(C)C)OC(=O)CCCCCCCCCCCCCC(C)C)OC(=O)CCCCCCCCC(C)CC. The van der Waals surface area contributed by atoms with Crippen molar-refractivity contribution in [2.45, 2.75) is 362 Å². The molecule has 3 unspecified atom stereocenters. The number of rotatable bonds is 67. The molecule has 0 radical (unpaired) electrons. The number of phosphoric acid groups is 2. The van der Waals surface area contributed by atoms with Crippen LogP contribution in [-0.4, -0.2) is 96.7 Å². The lowest BCUT2D eigenvalue weighted by Gasteiger charge is -2.21. The van der Waals surface area contributed by atoms with Crippen molar-refractivity contribution in [3.63, 3.8) is 0 Å². The van der Waals surface area contributed by atoms with Gasteiger partial charge in [0.15, 0.2) is 12.2 Å². The lowest BCUT2D eigenvalue weighted by Crippen LogP contribution is -2.30. The lowest BCUT2D eigenvalue weighted by molar-refractivity contribution is -0.161. The molecule has 6 atom stereocenters. The number of aliphatic hydroxyl groups excluding tert-OH is 1. The Labute approximate surface area is 537 Å². The smallest absolute Gasteiger partial charge is 0.462 e. The number of esters is 4. The Morgan fingerprint density at radius 2 is 0.580 bits per heavy atom. The van der Waals surface area contributed by atoms with Crippen molar-refractivity contribution in [1.82, 2.24) is 0 Å². The fraction of sp³-hybridized carbons (Fsp3) is 0.942. The number of hydrogen-bond donors (Lipinski definition) is 3. The van der Waals surface area contributed by atoms with Crippen LogP contribution in [-0.2, 0) is 65.4 Å². The highest BCUT2D eigenvalue weighted by Gasteiger charge is 2.30. The van der Waals surface area contributed by atoms with E-state index >= 15 is 0 Å². The van der Waals surface area contributed by atoms with Gasteiger partial charge in [0, 0.05) is 25.7 Å². The first kappa shape index (κ1) is 86.1. The van der Waals surface area contributed by atoms with Gasteiger partial charge in [-0.15, -0.1) is 0 Å². The van der Waals surface area contributed by atoms with Gasteiger partial charge in [-0.1, -0.05) is 292 Å². The summed E-state index contributed by atoms with van der Waals surface area (Å²) in [6.45, 7) is 11.8. The maximum Gasteiger partial charge on any atom is 0.472 e. The predicted molar refractivity (Wildman–Crippen MR) is 354 cm³/mol. The highest BCUT2D eigenvalue weighted by atomic mass is 31.2. The normalized spacial score (nSPS) is 14.5. The minimum atomic E-state index is -4.95. The van der Waals surface area contributed by atoms with Crippen LogP contribution in [0.5, 0.6) is 0 Å². The zero-order valence-electron chi connectivity index (χ0n) is 57.2. The van der Waals surface area contributed by atoms with Crippen LogP contribution in [0.1, 0.15) is 344 Å². The van der Waals surface area contributed by atoms with Crippen molar-refractivity contribution in [2.24, 2.45) is 17.8 Å². The van der Waals surface area contributed by atoms with E-state index in [4.69, 9.17) is 37.0 Å². The quantitative estimate of drug-likeness (QED) is 0.0222. The molecule has 0 heterocycles. The third-order valence-electron chi connectivity index (χ3n) is 16.2. The van der Waals surface area contributed by atoms with Gasteiger partial charge in [-0.2, -0.15) is 0 Å². The topological polar surface area (TPSA) is 237 Å². The molecule has 0 bridgehead atoms. The Morgan fingerprint density at radius 1 is 0.330 bits per heavy atom. The molecule has 88 heavy (non-hydrogen) atoms. The summed E-state index contributed by atoms with van der Waals surface area (Å²) in [5, 5.41) is 10.6. The van der Waals surface area contributed by atoms with E-state index in [0.29, 0.717) is 25.7 Å². The van der Waals surface area contributed by atoms with Crippen molar-refractivity contribution in [1.29, 1.82) is 0 Å². The number of carbonyl (C=O) groups excluding carboxylic acids is 4. The van der Waals surface area contributed by atoms with Gasteiger partial charge in [0.1, 0.15) is 19.3 Å². The van der Waals surface area contributed by atoms with Crippen LogP contribution in [0, 0.1) is 17.8 Å². The van der Waals surface area contributed by atoms with Gasteiger partial charge in [0.05, 0.1) is 26.4 Å². The summed E-state index contributed by atoms with van der Waals surface area (Å²) in [6.07, 6.45) is 43.0. The molecule has 0 rings (SSSR count). The molecule has 0 amide bonds. The summed E-state index contributed by atoms with van der Waals surface area (Å²) in [4.78, 5) is 72.5. The van der Waals surface area contributed by atoms with E-state index < -0.39 is 97.5 Å². The molecule has 0 saturated carbocycles. The first-order valence-corrected chi connectivity index (χ1v) is 38.9. The molecule has 0 aromatic rings. The van der Waals surface area contributed by atoms with Gasteiger partial charge < -0.3 is 33.8 Å². The van der Waals surface area contributed by atoms with Crippen LogP contribution < -0.4 is 0 Å². The van der Waals surface area contributed by atoms with Gasteiger partial charge in [-0.25, -0.2) is 9.13 Å². The van der Waals surface area contributed by atoms with E-state index in [-0.39, 0.29) is 25.7 Å². The molecule has 0 aliphatic heterocycles. The van der Waals surface area contributed by atoms with Crippen molar-refractivity contribution < 1.29 is 80.2 Å². The van der Waals surface area contributed by atoms with Crippen molar-refractivity contribution in [3.8, 4) is 0 Å². The second-order valence-corrected chi connectivity index (χ2v) is 29.0. The third kappa shape index (κ3) is 61.6. The molecule has 17 nitrogen and oxygen atoms in total. The van der Waals surface area contributed by atoms with Crippen molar-refractivity contribution in [3.05, 3.63) is 0 Å². The van der Waals surface area contributed by atoms with Gasteiger partial charge >= 0.3 is 39.5 Å². The highest BCUT2D eigenvalue weighted by molar-refractivity contribution is 7.47. The van der Waals surface area contributed by atoms with Crippen LogP contribution in [0.25, 0.3) is 0 Å². The first-order chi connectivity index (χ1) is 42.3. The highest BCUT2D eigenvalue weighted by Crippen LogP contribution is 2.45. The summed E-state index contributed by atoms with van der Waals surface area (Å²) in [6, 6.07) is 0. The second-order valence-electron chi connectivity index (χ2n) is 26.1. The molecule has 0 fully saturated rings. The van der Waals surface area contributed by atoms with Gasteiger partial charge in [0.25, 0.3) is 0 Å². The average Bonchev–Trinajstić information content (AvgIpc) is 3.56. The van der Waals surface area contributed by atoms with E-state index in [0.717, 1.165) is 108 Å². The summed E-state index contributed by atoms with van der Waals surface area (Å²) in [5.41, 5.74) is 0. The monoisotopic (exact) mass is 1300 g/mol. The number of unbranched alkanes of at least 4 members (excludes halogenated alkanes) is 34. The van der Waals surface area contributed by atoms with E-state index in [1.165, 1.54) is 154 Å². The Bertz CT molecular complexity index is 1730. The molecule has 0 aromatic heterocycles. The van der Waals surface area contributed by atoms with Crippen LogP contribution in [0.3, 0.4) is 0 Å². The van der Waals surface area contributed by atoms with Crippen LogP contribution >= 0.6 is 15.6 Å². The largest absolute Gasteiger partial charge is 0.472 e. The van der Waals surface area contributed by atoms with E-state index in [1.54, 1.807) is 0 Å². The van der Waals surface area contributed by atoms with E-state index in [9.17, 15) is 43.2 Å². The number of ether oxygens (including phenoxy) is 4. The molecular weight excluding hydrogens is 1160 g/mol. The summed E-state index contributed by atoms with van der Waals surface area (Å²) in [5.74, 6) is 0.127. The first-order valence-electron chi connectivity index (χ1n) is 35.9. The minimum Gasteiger partial charge on any atom is -0.462 e. The van der Waals surface area contributed by atoms with Gasteiger partial charge in [-0.3, -0.25) is 37.3 Å². The van der Waals surface area contributed by atoms with Crippen molar-refractivity contribution in [2.75, 3.05) is 39.6 Å². The standard InChI is InChI=1S/C69H134O17P2/c1-8-10-11-12-13-14-23-28-36-43-50-66(71)80-57-65(86-69(74)53-46-39-32-31-35-42-49-62(7)9-2)59-84-88(77,78)82-55-63(70)54-81-87(75,76)83-58-64(85-68(73)52-45-38-30-25-20-16-18-22-27-34-41-48-61(5)6)56-79-67(72)51-44-37-29-24-19-15-17-21-26-33-40-47-60(3)4/h60-65,70H,8-59H2,1-7H3,(H,75,76)(H,77,78)/t62?,63-,64-,65-/m1/s1. The molecule has 0 aliphatic rings. The Kier molecular flexibility index (Phi) is 58.7. The molecule has 0 aliphatic carbocycles. The fourth-order valence-corrected chi connectivity index (χ4v) is 11.9.